The van der Waals surface area contributed by atoms with Crippen molar-refractivity contribution in [1.82, 2.24) is 0 Å². The minimum Gasteiger partial charge on any atom is -0.206 e. The van der Waals surface area contributed by atoms with Crippen LogP contribution in [-0.4, -0.2) is 0 Å². The van der Waals surface area contributed by atoms with Crippen LogP contribution in [0.15, 0.2) is 18.2 Å². The Morgan fingerprint density at radius 1 is 1.38 bits per heavy atom. The molecule has 0 unspecified atom stereocenters. The SMILES string of the molecule is CC.CCc1ccc(C#N)c(F)c1. The molecule has 0 atom stereocenters. The fraction of sp³-hybridized carbons (Fsp3) is 0.364. The van der Waals surface area contributed by atoms with Gasteiger partial charge >= 0.3 is 0 Å². The molecule has 2 heteroatoms. The highest BCUT2D eigenvalue weighted by Crippen LogP contribution is 2.09. The smallest absolute Gasteiger partial charge is 0.141 e. The van der Waals surface area contributed by atoms with Gasteiger partial charge in [-0.3, -0.25) is 0 Å². The lowest BCUT2D eigenvalue weighted by Crippen LogP contribution is -1.86. The van der Waals surface area contributed by atoms with Crippen LogP contribution in [0.1, 0.15) is 31.9 Å². The van der Waals surface area contributed by atoms with Gasteiger partial charge in [-0.1, -0.05) is 26.8 Å². The van der Waals surface area contributed by atoms with Crippen molar-refractivity contribution in [3.05, 3.63) is 35.1 Å². The van der Waals surface area contributed by atoms with Crippen molar-refractivity contribution in [3.8, 4) is 6.07 Å². The van der Waals surface area contributed by atoms with E-state index in [1.165, 1.54) is 12.1 Å². The maximum absolute atomic E-state index is 12.8. The van der Waals surface area contributed by atoms with Crippen molar-refractivity contribution < 1.29 is 4.39 Å². The van der Waals surface area contributed by atoms with Crippen LogP contribution < -0.4 is 0 Å². The van der Waals surface area contributed by atoms with Gasteiger partial charge in [-0.25, -0.2) is 4.39 Å². The number of hydrogen-bond donors (Lipinski definition) is 0. The van der Waals surface area contributed by atoms with E-state index in [0.29, 0.717) is 0 Å². The first kappa shape index (κ1) is 11.6. The lowest BCUT2D eigenvalue weighted by Gasteiger charge is -1.96. The molecule has 0 spiro atoms. The molecule has 0 aromatic heterocycles. The molecule has 0 radical (unpaired) electrons. The highest BCUT2D eigenvalue weighted by molar-refractivity contribution is 5.33. The maximum Gasteiger partial charge on any atom is 0.141 e. The molecule has 1 aromatic carbocycles. The summed E-state index contributed by atoms with van der Waals surface area (Å²) in [4.78, 5) is 0. The first-order chi connectivity index (χ1) is 6.27. The van der Waals surface area contributed by atoms with Crippen LogP contribution >= 0.6 is 0 Å². The van der Waals surface area contributed by atoms with Crippen molar-refractivity contribution in [2.24, 2.45) is 0 Å². The average molecular weight is 179 g/mol. The minimum absolute atomic E-state index is 0.113. The summed E-state index contributed by atoms with van der Waals surface area (Å²) in [7, 11) is 0. The third-order valence-corrected chi connectivity index (χ3v) is 1.56. The molecule has 0 N–H and O–H groups in total. The van der Waals surface area contributed by atoms with E-state index in [1.54, 1.807) is 12.1 Å². The summed E-state index contributed by atoms with van der Waals surface area (Å²) >= 11 is 0. The predicted octanol–water partition coefficient (Wildman–Crippen LogP) is 3.29. The standard InChI is InChI=1S/C9H8FN.C2H6/c1-2-7-3-4-8(6-11)9(10)5-7;1-2/h3-5H,2H2,1H3;1-2H3. The van der Waals surface area contributed by atoms with Crippen LogP contribution in [-0.2, 0) is 6.42 Å². The van der Waals surface area contributed by atoms with Gasteiger partial charge < -0.3 is 0 Å². The first-order valence-corrected chi connectivity index (χ1v) is 4.46. The van der Waals surface area contributed by atoms with Gasteiger partial charge in [0.25, 0.3) is 0 Å². The molecule has 1 nitrogen and oxygen atoms in total. The molecule has 1 rings (SSSR count). The molecule has 0 aliphatic carbocycles. The Kier molecular flexibility index (Phi) is 5.54. The molecule has 0 bridgehead atoms. The fourth-order valence-corrected chi connectivity index (χ4v) is 0.869. The van der Waals surface area contributed by atoms with Gasteiger partial charge in [0, 0.05) is 0 Å². The largest absolute Gasteiger partial charge is 0.206 e. The lowest BCUT2D eigenvalue weighted by molar-refractivity contribution is 0.622. The van der Waals surface area contributed by atoms with Crippen LogP contribution in [0.5, 0.6) is 0 Å². The Morgan fingerprint density at radius 3 is 2.38 bits per heavy atom. The second-order valence-corrected chi connectivity index (χ2v) is 2.28. The van der Waals surface area contributed by atoms with E-state index >= 15 is 0 Å². The predicted molar refractivity (Wildman–Crippen MR) is 51.8 cm³/mol. The van der Waals surface area contributed by atoms with Crippen LogP contribution in [0.3, 0.4) is 0 Å². The van der Waals surface area contributed by atoms with Gasteiger partial charge in [0.2, 0.25) is 0 Å². The van der Waals surface area contributed by atoms with E-state index in [-0.39, 0.29) is 5.56 Å². The lowest BCUT2D eigenvalue weighted by atomic mass is 10.1. The van der Waals surface area contributed by atoms with Crippen molar-refractivity contribution in [3.63, 3.8) is 0 Å². The van der Waals surface area contributed by atoms with Crippen LogP contribution in [0.4, 0.5) is 4.39 Å². The summed E-state index contributed by atoms with van der Waals surface area (Å²) in [5.41, 5.74) is 1.03. The minimum atomic E-state index is -0.424. The average Bonchev–Trinajstić information content (AvgIpc) is 2.20. The van der Waals surface area contributed by atoms with Crippen molar-refractivity contribution in [2.45, 2.75) is 27.2 Å². The Balaban J connectivity index is 0.000000671. The van der Waals surface area contributed by atoms with E-state index in [4.69, 9.17) is 5.26 Å². The highest BCUT2D eigenvalue weighted by atomic mass is 19.1. The van der Waals surface area contributed by atoms with Gasteiger partial charge in [0.1, 0.15) is 11.9 Å². The summed E-state index contributed by atoms with van der Waals surface area (Å²) in [6, 6.07) is 6.45. The number of halogens is 1. The van der Waals surface area contributed by atoms with Gasteiger partial charge in [0.15, 0.2) is 0 Å². The van der Waals surface area contributed by atoms with Gasteiger partial charge in [-0.2, -0.15) is 5.26 Å². The summed E-state index contributed by atoms with van der Waals surface area (Å²) in [5.74, 6) is -0.424. The number of rotatable bonds is 1. The topological polar surface area (TPSA) is 23.8 Å². The number of hydrogen-bond acceptors (Lipinski definition) is 1. The first-order valence-electron chi connectivity index (χ1n) is 4.46. The number of nitriles is 1. The summed E-state index contributed by atoms with van der Waals surface area (Å²) in [5, 5.41) is 8.39. The van der Waals surface area contributed by atoms with Crippen molar-refractivity contribution in [1.29, 1.82) is 5.26 Å². The molecule has 0 aliphatic heterocycles. The molecule has 1 aromatic rings. The summed E-state index contributed by atoms with van der Waals surface area (Å²) < 4.78 is 12.8. The molecular formula is C11H14FN. The van der Waals surface area contributed by atoms with E-state index in [9.17, 15) is 4.39 Å². The van der Waals surface area contributed by atoms with E-state index in [2.05, 4.69) is 0 Å². The van der Waals surface area contributed by atoms with Crippen LogP contribution in [0.25, 0.3) is 0 Å². The van der Waals surface area contributed by atoms with E-state index in [0.717, 1.165) is 12.0 Å². The number of aryl methyl sites for hydroxylation is 1. The zero-order chi connectivity index (χ0) is 10.3. The van der Waals surface area contributed by atoms with Gasteiger partial charge in [0.05, 0.1) is 5.56 Å². The van der Waals surface area contributed by atoms with Crippen molar-refractivity contribution >= 4 is 0 Å². The van der Waals surface area contributed by atoms with Crippen molar-refractivity contribution in [2.75, 3.05) is 0 Å². The van der Waals surface area contributed by atoms with Gasteiger partial charge in [-0.05, 0) is 24.1 Å². The monoisotopic (exact) mass is 179 g/mol. The normalized spacial score (nSPS) is 8.23. The molecule has 0 amide bonds. The van der Waals surface area contributed by atoms with Gasteiger partial charge in [-0.15, -0.1) is 0 Å². The molecule has 0 aliphatic rings. The summed E-state index contributed by atoms with van der Waals surface area (Å²) in [6.07, 6.45) is 0.794. The molecule has 13 heavy (non-hydrogen) atoms. The second-order valence-electron chi connectivity index (χ2n) is 2.28. The molecule has 0 saturated heterocycles. The third-order valence-electron chi connectivity index (χ3n) is 1.56. The third kappa shape index (κ3) is 3.25. The number of nitrogens with zero attached hydrogens (tertiary/aromatic N) is 1. The Hall–Kier alpha value is -1.36. The zero-order valence-corrected chi connectivity index (χ0v) is 8.26. The van der Waals surface area contributed by atoms with E-state index < -0.39 is 5.82 Å². The number of benzene rings is 1. The van der Waals surface area contributed by atoms with E-state index in [1.807, 2.05) is 20.8 Å². The molecule has 0 saturated carbocycles. The quantitative estimate of drug-likeness (QED) is 0.649. The molecular weight excluding hydrogens is 165 g/mol. The fourth-order valence-electron chi connectivity index (χ4n) is 0.869. The molecule has 70 valence electrons. The Bertz CT molecular complexity index is 299. The maximum atomic E-state index is 12.8. The molecule has 0 heterocycles. The highest BCUT2D eigenvalue weighted by Gasteiger charge is 1.99. The molecule has 0 fully saturated rings. The van der Waals surface area contributed by atoms with Crippen LogP contribution in [0, 0.1) is 17.1 Å². The Labute approximate surface area is 78.8 Å². The summed E-state index contributed by atoms with van der Waals surface area (Å²) in [6.45, 7) is 5.95. The zero-order valence-electron chi connectivity index (χ0n) is 8.26. The second kappa shape index (κ2) is 6.19. The van der Waals surface area contributed by atoms with Crippen LogP contribution in [0.2, 0.25) is 0 Å². The Morgan fingerprint density at radius 2 is 2.00 bits per heavy atom.